The fourth-order valence-corrected chi connectivity index (χ4v) is 5.13. The summed E-state index contributed by atoms with van der Waals surface area (Å²) in [5.41, 5.74) is 2.36. The Labute approximate surface area is 204 Å². The number of nitrogens with one attached hydrogen (secondary N) is 1. The molecule has 2 aromatic heterocycles. The van der Waals surface area contributed by atoms with Crippen LogP contribution in [0.2, 0.25) is 0 Å². The lowest BCUT2D eigenvalue weighted by Crippen LogP contribution is -2.04. The van der Waals surface area contributed by atoms with Crippen LogP contribution in [0.15, 0.2) is 71.2 Å². The van der Waals surface area contributed by atoms with Gasteiger partial charge < -0.3 is 4.74 Å². The Balaban J connectivity index is 1.58. The lowest BCUT2D eigenvalue weighted by molar-refractivity contribution is 0.415. The molecule has 11 heteroatoms. The number of methoxy groups -OCH3 is 1. The van der Waals surface area contributed by atoms with E-state index in [1.165, 1.54) is 36.1 Å². The molecule has 5 rings (SSSR count). The third kappa shape index (κ3) is 4.60. The van der Waals surface area contributed by atoms with Crippen molar-refractivity contribution in [2.45, 2.75) is 4.90 Å². The number of aromatic nitrogens is 3. The van der Waals surface area contributed by atoms with Crippen LogP contribution in [-0.4, -0.2) is 26.5 Å². The molecule has 0 saturated carbocycles. The molecule has 0 saturated heterocycles. The van der Waals surface area contributed by atoms with E-state index in [1.54, 1.807) is 30.5 Å². The van der Waals surface area contributed by atoms with E-state index in [-0.39, 0.29) is 16.9 Å². The standard InChI is InChI=1S/C24H15F3N4O2S2/c1-33-22-11-19(14-6-15(25)9-16(26)7-14)21(27)10-20(22)23-18-3-2-17(8-13(18)4-5-28-23)35(32)31-24-30-29-12-34-24/h2-12H,1H3,(H,30,31). The number of hydrogen-bond acceptors (Lipinski definition) is 6. The lowest BCUT2D eigenvalue weighted by atomic mass is 9.98. The van der Waals surface area contributed by atoms with Crippen LogP contribution in [0.3, 0.4) is 0 Å². The van der Waals surface area contributed by atoms with Gasteiger partial charge in [-0.25, -0.2) is 17.4 Å². The van der Waals surface area contributed by atoms with Gasteiger partial charge in [-0.05, 0) is 53.4 Å². The second kappa shape index (κ2) is 9.43. The Morgan fingerprint density at radius 2 is 1.77 bits per heavy atom. The zero-order valence-corrected chi connectivity index (χ0v) is 19.6. The van der Waals surface area contributed by atoms with Gasteiger partial charge in [-0.2, -0.15) is 0 Å². The summed E-state index contributed by atoms with van der Waals surface area (Å²) in [5, 5.41) is 9.35. The van der Waals surface area contributed by atoms with Gasteiger partial charge in [0.1, 0.15) is 28.7 Å². The van der Waals surface area contributed by atoms with E-state index >= 15 is 4.39 Å². The van der Waals surface area contributed by atoms with Gasteiger partial charge in [0.15, 0.2) is 11.0 Å². The first-order valence-electron chi connectivity index (χ1n) is 10.1. The molecule has 1 N–H and O–H groups in total. The summed E-state index contributed by atoms with van der Waals surface area (Å²) in [6.07, 6.45) is 1.55. The molecule has 0 radical (unpaired) electrons. The molecule has 1 unspecified atom stereocenters. The van der Waals surface area contributed by atoms with Crippen LogP contribution >= 0.6 is 11.3 Å². The molecule has 0 bridgehead atoms. The molecular weight excluding hydrogens is 497 g/mol. The Morgan fingerprint density at radius 3 is 2.49 bits per heavy atom. The van der Waals surface area contributed by atoms with Crippen LogP contribution in [-0.2, 0) is 11.0 Å². The van der Waals surface area contributed by atoms with E-state index in [0.29, 0.717) is 26.7 Å². The second-order valence-electron chi connectivity index (χ2n) is 7.35. The van der Waals surface area contributed by atoms with Crippen molar-refractivity contribution >= 4 is 38.2 Å². The van der Waals surface area contributed by atoms with Crippen molar-refractivity contribution in [2.75, 3.05) is 11.8 Å². The average molecular weight is 513 g/mol. The van der Waals surface area contributed by atoms with E-state index in [4.69, 9.17) is 4.74 Å². The highest BCUT2D eigenvalue weighted by Gasteiger charge is 2.18. The molecule has 3 aromatic carbocycles. The van der Waals surface area contributed by atoms with Crippen molar-refractivity contribution in [3.05, 3.63) is 83.8 Å². The summed E-state index contributed by atoms with van der Waals surface area (Å²) in [4.78, 5) is 4.92. The monoisotopic (exact) mass is 512 g/mol. The number of hydrogen-bond donors (Lipinski definition) is 1. The van der Waals surface area contributed by atoms with E-state index in [2.05, 4.69) is 19.9 Å². The molecule has 0 amide bonds. The third-order valence-electron chi connectivity index (χ3n) is 5.21. The van der Waals surface area contributed by atoms with Gasteiger partial charge in [-0.1, -0.05) is 17.4 Å². The number of fused-ring (bicyclic) bond motifs is 1. The number of halogens is 3. The Hall–Kier alpha value is -3.83. The quantitative estimate of drug-likeness (QED) is 0.303. The number of ether oxygens (including phenoxy) is 1. The van der Waals surface area contributed by atoms with Gasteiger partial charge in [0, 0.05) is 28.8 Å². The highest BCUT2D eigenvalue weighted by Crippen LogP contribution is 2.38. The molecule has 0 aliphatic carbocycles. The number of anilines is 1. The molecule has 35 heavy (non-hydrogen) atoms. The summed E-state index contributed by atoms with van der Waals surface area (Å²) in [5.74, 6) is -2.04. The number of rotatable bonds is 6. The van der Waals surface area contributed by atoms with Crippen molar-refractivity contribution in [3.63, 3.8) is 0 Å². The minimum atomic E-state index is -1.57. The summed E-state index contributed by atoms with van der Waals surface area (Å²) in [6, 6.07) is 12.3. The van der Waals surface area contributed by atoms with E-state index < -0.39 is 28.4 Å². The molecule has 0 fully saturated rings. The lowest BCUT2D eigenvalue weighted by Gasteiger charge is -2.14. The highest BCUT2D eigenvalue weighted by molar-refractivity contribution is 7.86. The molecule has 0 aliphatic rings. The van der Waals surface area contributed by atoms with Crippen LogP contribution in [0.4, 0.5) is 18.3 Å². The van der Waals surface area contributed by atoms with Crippen LogP contribution < -0.4 is 9.46 Å². The predicted octanol–water partition coefficient (Wildman–Crippen LogP) is 5.98. The molecule has 1 atom stereocenters. The maximum Gasteiger partial charge on any atom is 0.217 e. The first-order valence-corrected chi connectivity index (χ1v) is 12.1. The van der Waals surface area contributed by atoms with Gasteiger partial charge in [-0.3, -0.25) is 9.71 Å². The number of nitrogens with zero attached hydrogens (tertiary/aromatic N) is 3. The number of benzene rings is 3. The van der Waals surface area contributed by atoms with E-state index in [1.807, 2.05) is 0 Å². The summed E-state index contributed by atoms with van der Waals surface area (Å²) < 4.78 is 63.5. The van der Waals surface area contributed by atoms with Crippen molar-refractivity contribution in [2.24, 2.45) is 0 Å². The minimum absolute atomic E-state index is 0.00956. The van der Waals surface area contributed by atoms with E-state index in [0.717, 1.165) is 23.6 Å². The Morgan fingerprint density at radius 1 is 0.971 bits per heavy atom. The first-order chi connectivity index (χ1) is 16.9. The minimum Gasteiger partial charge on any atom is -0.496 e. The average Bonchev–Trinajstić information content (AvgIpc) is 3.35. The fourth-order valence-electron chi connectivity index (χ4n) is 3.68. The van der Waals surface area contributed by atoms with Gasteiger partial charge in [0.05, 0.1) is 17.7 Å². The normalized spacial score (nSPS) is 12.0. The zero-order valence-electron chi connectivity index (χ0n) is 18.0. The zero-order chi connectivity index (χ0) is 24.5. The van der Waals surface area contributed by atoms with Crippen molar-refractivity contribution in [1.29, 1.82) is 0 Å². The van der Waals surface area contributed by atoms with Crippen LogP contribution in [0, 0.1) is 17.5 Å². The maximum absolute atomic E-state index is 15.2. The molecule has 176 valence electrons. The Bertz CT molecular complexity index is 1560. The molecule has 2 heterocycles. The summed E-state index contributed by atoms with van der Waals surface area (Å²) in [7, 11) is -0.151. The molecule has 5 aromatic rings. The first kappa shape index (κ1) is 22.9. The van der Waals surface area contributed by atoms with Gasteiger partial charge in [-0.15, -0.1) is 10.2 Å². The van der Waals surface area contributed by atoms with Crippen molar-refractivity contribution < 1.29 is 22.1 Å². The fraction of sp³-hybridized carbons (Fsp3) is 0.0417. The van der Waals surface area contributed by atoms with E-state index in [9.17, 15) is 13.0 Å². The maximum atomic E-state index is 15.2. The second-order valence-corrected chi connectivity index (χ2v) is 9.39. The summed E-state index contributed by atoms with van der Waals surface area (Å²) >= 11 is 1.23. The van der Waals surface area contributed by atoms with Crippen LogP contribution in [0.1, 0.15) is 0 Å². The summed E-state index contributed by atoms with van der Waals surface area (Å²) in [6.45, 7) is 0. The topological polar surface area (TPSA) is 77.0 Å². The van der Waals surface area contributed by atoms with Crippen molar-refractivity contribution in [3.8, 4) is 28.1 Å². The third-order valence-corrected chi connectivity index (χ3v) is 7.00. The smallest absolute Gasteiger partial charge is 0.217 e. The van der Waals surface area contributed by atoms with Crippen LogP contribution in [0.5, 0.6) is 5.75 Å². The number of pyridine rings is 1. The van der Waals surface area contributed by atoms with Gasteiger partial charge in [0.25, 0.3) is 0 Å². The van der Waals surface area contributed by atoms with Crippen LogP contribution in [0.25, 0.3) is 33.2 Å². The molecule has 0 spiro atoms. The molecule has 0 aliphatic heterocycles. The largest absolute Gasteiger partial charge is 0.496 e. The SMILES string of the molecule is COc1cc(-c2cc(F)cc(F)c2)c(F)cc1-c1nccc2cc(S(=O)Nc3nncs3)ccc12. The van der Waals surface area contributed by atoms with Gasteiger partial charge in [0.2, 0.25) is 5.13 Å². The Kier molecular flexibility index (Phi) is 6.18. The molecular formula is C24H15F3N4O2S2. The molecule has 6 nitrogen and oxygen atoms in total. The predicted molar refractivity (Wildman–Crippen MR) is 129 cm³/mol. The highest BCUT2D eigenvalue weighted by atomic mass is 32.2. The van der Waals surface area contributed by atoms with Crippen molar-refractivity contribution in [1.82, 2.24) is 15.2 Å². The van der Waals surface area contributed by atoms with Gasteiger partial charge >= 0.3 is 0 Å².